The van der Waals surface area contributed by atoms with Crippen molar-refractivity contribution in [3.05, 3.63) is 46.5 Å². The molecule has 0 radical (unpaired) electrons. The van der Waals surface area contributed by atoms with Crippen LogP contribution in [0.2, 0.25) is 5.02 Å². The van der Waals surface area contributed by atoms with Crippen molar-refractivity contribution in [3.63, 3.8) is 0 Å². The Balaban J connectivity index is 1.67. The fraction of sp³-hybridized carbons (Fsp3) is 0.391. The van der Waals surface area contributed by atoms with Crippen molar-refractivity contribution in [1.29, 1.82) is 0 Å². The van der Waals surface area contributed by atoms with Gasteiger partial charge in [0, 0.05) is 6.61 Å². The van der Waals surface area contributed by atoms with E-state index < -0.39 is 0 Å². The molecule has 0 aliphatic carbocycles. The highest BCUT2D eigenvalue weighted by molar-refractivity contribution is 7.23. The zero-order valence-corrected chi connectivity index (χ0v) is 19.4. The largest absolute Gasteiger partial charge is 0.496 e. The maximum Gasteiger partial charge on any atom is 0.233 e. The number of nitrogens with zero attached hydrogens (tertiary/aromatic N) is 2. The molecule has 1 unspecified atom stereocenters. The van der Waals surface area contributed by atoms with Crippen LogP contribution in [0, 0.1) is 6.92 Å². The van der Waals surface area contributed by atoms with Gasteiger partial charge in [-0.25, -0.2) is 4.98 Å². The molecule has 1 saturated heterocycles. The number of rotatable bonds is 7. The zero-order valence-electron chi connectivity index (χ0n) is 17.8. The van der Waals surface area contributed by atoms with Crippen LogP contribution in [-0.4, -0.2) is 44.4 Å². The Hall–Kier alpha value is -2.35. The first-order chi connectivity index (χ1) is 15.0. The number of fused-ring (bicyclic) bond motifs is 1. The van der Waals surface area contributed by atoms with Crippen molar-refractivity contribution in [3.8, 4) is 11.5 Å². The van der Waals surface area contributed by atoms with Crippen LogP contribution in [0.3, 0.4) is 0 Å². The highest BCUT2D eigenvalue weighted by Crippen LogP contribution is 2.39. The van der Waals surface area contributed by atoms with Crippen LogP contribution in [0.5, 0.6) is 11.5 Å². The van der Waals surface area contributed by atoms with E-state index in [1.165, 1.54) is 11.3 Å². The summed E-state index contributed by atoms with van der Waals surface area (Å²) in [5.74, 6) is 1.41. The molecule has 1 aromatic heterocycles. The molecule has 1 amide bonds. The zero-order chi connectivity index (χ0) is 22.0. The predicted octanol–water partition coefficient (Wildman–Crippen LogP) is 5.03. The molecule has 2 heterocycles. The highest BCUT2D eigenvalue weighted by Gasteiger charge is 2.27. The van der Waals surface area contributed by atoms with E-state index in [4.69, 9.17) is 30.8 Å². The third kappa shape index (κ3) is 4.63. The molecule has 8 heteroatoms. The molecule has 0 spiro atoms. The van der Waals surface area contributed by atoms with E-state index in [1.807, 2.05) is 25.1 Å². The summed E-state index contributed by atoms with van der Waals surface area (Å²) in [7, 11) is 3.24. The van der Waals surface area contributed by atoms with Gasteiger partial charge >= 0.3 is 0 Å². The predicted molar refractivity (Wildman–Crippen MR) is 124 cm³/mol. The van der Waals surface area contributed by atoms with Gasteiger partial charge in [0.05, 0.1) is 43.0 Å². The quantitative estimate of drug-likeness (QED) is 0.495. The maximum absolute atomic E-state index is 13.4. The lowest BCUT2D eigenvalue weighted by atomic mass is 10.1. The average Bonchev–Trinajstić information content (AvgIpc) is 3.43. The highest BCUT2D eigenvalue weighted by atomic mass is 35.5. The van der Waals surface area contributed by atoms with Crippen LogP contribution in [-0.2, 0) is 16.0 Å². The number of ether oxygens (including phenoxy) is 3. The van der Waals surface area contributed by atoms with E-state index in [9.17, 15) is 4.79 Å². The van der Waals surface area contributed by atoms with E-state index >= 15 is 0 Å². The summed E-state index contributed by atoms with van der Waals surface area (Å²) >= 11 is 7.80. The van der Waals surface area contributed by atoms with E-state index in [0.717, 1.165) is 41.0 Å². The number of carbonyl (C=O) groups excluding carboxylic acids is 1. The second kappa shape index (κ2) is 9.42. The summed E-state index contributed by atoms with van der Waals surface area (Å²) in [6, 6.07) is 9.38. The fourth-order valence-electron chi connectivity index (χ4n) is 3.82. The normalized spacial score (nSPS) is 15.9. The topological polar surface area (TPSA) is 60.9 Å². The van der Waals surface area contributed by atoms with Crippen molar-refractivity contribution in [2.24, 2.45) is 0 Å². The monoisotopic (exact) mass is 460 g/mol. The second-order valence-corrected chi connectivity index (χ2v) is 8.93. The van der Waals surface area contributed by atoms with E-state index in [2.05, 4.69) is 0 Å². The SMILES string of the molecule is COc1ccc(CC(=O)N(CC2CCCO2)c2nc3c(OC)ccc(Cl)c3s2)cc1C. The lowest BCUT2D eigenvalue weighted by Crippen LogP contribution is -2.38. The van der Waals surface area contributed by atoms with Gasteiger partial charge in [0.2, 0.25) is 5.91 Å². The number of aryl methyl sites for hydroxylation is 1. The minimum Gasteiger partial charge on any atom is -0.496 e. The van der Waals surface area contributed by atoms with Crippen LogP contribution >= 0.6 is 22.9 Å². The van der Waals surface area contributed by atoms with Gasteiger partial charge in [0.25, 0.3) is 0 Å². The standard InChI is InChI=1S/C23H25ClN2O4S/c1-14-11-15(6-8-18(14)28-2)12-20(27)26(13-16-5-4-10-30-16)23-25-21-19(29-3)9-7-17(24)22(21)31-23/h6-9,11,16H,4-5,10,12-13H2,1-3H3. The summed E-state index contributed by atoms with van der Waals surface area (Å²) < 4.78 is 17.4. The number of carbonyl (C=O) groups is 1. The maximum atomic E-state index is 13.4. The van der Waals surface area contributed by atoms with Crippen molar-refractivity contribution < 1.29 is 19.0 Å². The van der Waals surface area contributed by atoms with Gasteiger partial charge in [-0.3, -0.25) is 9.69 Å². The first kappa shape index (κ1) is 21.9. The molecule has 1 atom stereocenters. The minimum absolute atomic E-state index is 0.00549. The molecular weight excluding hydrogens is 436 g/mol. The number of methoxy groups -OCH3 is 2. The Morgan fingerprint density at radius 1 is 1.26 bits per heavy atom. The lowest BCUT2D eigenvalue weighted by Gasteiger charge is -2.23. The molecule has 6 nitrogen and oxygen atoms in total. The summed E-state index contributed by atoms with van der Waals surface area (Å²) in [6.07, 6.45) is 2.20. The first-order valence-corrected chi connectivity index (χ1v) is 11.4. The van der Waals surface area contributed by atoms with Gasteiger partial charge < -0.3 is 14.2 Å². The van der Waals surface area contributed by atoms with Gasteiger partial charge in [-0.1, -0.05) is 35.1 Å². The molecule has 31 heavy (non-hydrogen) atoms. The molecule has 0 N–H and O–H groups in total. The number of amides is 1. The molecule has 1 aliphatic rings. The number of thiazole rings is 1. The number of aromatic nitrogens is 1. The van der Waals surface area contributed by atoms with Crippen LogP contribution in [0.4, 0.5) is 5.13 Å². The number of halogens is 1. The van der Waals surface area contributed by atoms with E-state index in [-0.39, 0.29) is 18.4 Å². The molecule has 0 bridgehead atoms. The Bertz CT molecular complexity index is 1090. The summed E-state index contributed by atoms with van der Waals surface area (Å²) in [5, 5.41) is 1.20. The van der Waals surface area contributed by atoms with E-state index in [0.29, 0.717) is 28.0 Å². The van der Waals surface area contributed by atoms with Crippen molar-refractivity contribution in [1.82, 2.24) is 4.98 Å². The molecule has 4 rings (SSSR count). The summed E-state index contributed by atoms with van der Waals surface area (Å²) in [5.41, 5.74) is 2.59. The lowest BCUT2D eigenvalue weighted by molar-refractivity contribution is -0.118. The smallest absolute Gasteiger partial charge is 0.233 e. The second-order valence-electron chi connectivity index (χ2n) is 7.54. The Morgan fingerprint density at radius 2 is 2.03 bits per heavy atom. The third-order valence-corrected chi connectivity index (χ3v) is 6.96. The van der Waals surface area contributed by atoms with Crippen LogP contribution in [0.1, 0.15) is 24.0 Å². The van der Waals surface area contributed by atoms with E-state index in [1.54, 1.807) is 31.3 Å². The molecule has 1 aliphatic heterocycles. The molecular formula is C23H25ClN2O4S. The molecule has 3 aromatic rings. The Morgan fingerprint density at radius 3 is 2.71 bits per heavy atom. The van der Waals surface area contributed by atoms with Crippen molar-refractivity contribution in [2.75, 3.05) is 32.3 Å². The third-order valence-electron chi connectivity index (χ3n) is 5.42. The number of benzene rings is 2. The van der Waals surface area contributed by atoms with Crippen molar-refractivity contribution in [2.45, 2.75) is 32.3 Å². The van der Waals surface area contributed by atoms with Crippen molar-refractivity contribution >= 4 is 44.2 Å². The summed E-state index contributed by atoms with van der Waals surface area (Å²) in [4.78, 5) is 19.9. The van der Waals surface area contributed by atoms with Gasteiger partial charge in [-0.15, -0.1) is 0 Å². The van der Waals surface area contributed by atoms with Gasteiger partial charge in [0.1, 0.15) is 17.0 Å². The van der Waals surface area contributed by atoms with Crippen LogP contribution in [0.15, 0.2) is 30.3 Å². The Labute approximate surface area is 190 Å². The minimum atomic E-state index is -0.0331. The molecule has 1 fully saturated rings. The average molecular weight is 461 g/mol. The van der Waals surface area contributed by atoms with Crippen LogP contribution < -0.4 is 14.4 Å². The molecule has 2 aromatic carbocycles. The summed E-state index contributed by atoms with van der Waals surface area (Å²) in [6.45, 7) is 3.16. The van der Waals surface area contributed by atoms with Gasteiger partial charge in [0.15, 0.2) is 5.13 Å². The fourth-order valence-corrected chi connectivity index (χ4v) is 5.10. The number of hydrogen-bond acceptors (Lipinski definition) is 6. The number of hydrogen-bond donors (Lipinski definition) is 0. The number of anilines is 1. The Kier molecular flexibility index (Phi) is 6.65. The molecule has 164 valence electrons. The molecule has 0 saturated carbocycles. The first-order valence-electron chi connectivity index (χ1n) is 10.2. The van der Waals surface area contributed by atoms with Crippen LogP contribution in [0.25, 0.3) is 10.2 Å². The van der Waals surface area contributed by atoms with Gasteiger partial charge in [-0.2, -0.15) is 0 Å². The van der Waals surface area contributed by atoms with Gasteiger partial charge in [-0.05, 0) is 49.1 Å².